The van der Waals surface area contributed by atoms with Crippen molar-refractivity contribution in [2.75, 3.05) is 0 Å². The van der Waals surface area contributed by atoms with E-state index in [-0.39, 0.29) is 0 Å². The van der Waals surface area contributed by atoms with Crippen molar-refractivity contribution in [2.45, 2.75) is 19.3 Å². The first-order valence-corrected chi connectivity index (χ1v) is 2.88. The molecule has 0 spiro atoms. The van der Waals surface area contributed by atoms with Gasteiger partial charge >= 0.3 is 0 Å². The van der Waals surface area contributed by atoms with Crippen LogP contribution in [0.25, 0.3) is 0 Å². The van der Waals surface area contributed by atoms with Crippen molar-refractivity contribution in [3.8, 4) is 0 Å². The highest BCUT2D eigenvalue weighted by Crippen LogP contribution is 1.91. The zero-order valence-electron chi connectivity index (χ0n) is 5.28. The predicted molar refractivity (Wildman–Crippen MR) is 39.1 cm³/mol. The summed E-state index contributed by atoms with van der Waals surface area (Å²) >= 11 is 0. The molecule has 0 bridgehead atoms. The van der Waals surface area contributed by atoms with E-state index in [1.807, 2.05) is 0 Å². The summed E-state index contributed by atoms with van der Waals surface area (Å²) in [5.41, 5.74) is 0.344. The summed E-state index contributed by atoms with van der Waals surface area (Å²) in [7, 11) is 0. The number of hydrogen-bond acceptors (Lipinski definition) is 3. The minimum Gasteiger partial charge on any atom is -0.313 e. The first kappa shape index (κ1) is 8.01. The molecule has 0 aliphatic carbocycles. The minimum atomic E-state index is 0.344. The fourth-order valence-corrected chi connectivity index (χ4v) is 0.467. The third-order valence-electron chi connectivity index (χ3n) is 0.969. The van der Waals surface area contributed by atoms with Gasteiger partial charge in [-0.2, -0.15) is 0 Å². The van der Waals surface area contributed by atoms with Crippen molar-refractivity contribution < 1.29 is 0 Å². The van der Waals surface area contributed by atoms with E-state index in [1.54, 1.807) is 0 Å². The summed E-state index contributed by atoms with van der Waals surface area (Å²) in [5.74, 6) is 0. The fourth-order valence-electron chi connectivity index (χ4n) is 0.467. The van der Waals surface area contributed by atoms with Crippen LogP contribution in [0.3, 0.4) is 0 Å². The molecular formula is C6H11N3. The molecule has 0 radical (unpaired) electrons. The fraction of sp³-hybridized carbons (Fsp3) is 0.500. The molecule has 0 aromatic carbocycles. The Morgan fingerprint density at radius 3 is 2.44 bits per heavy atom. The molecule has 3 nitrogen and oxygen atoms in total. The molecule has 0 heterocycles. The van der Waals surface area contributed by atoms with Gasteiger partial charge in [-0.1, -0.05) is 0 Å². The third-order valence-corrected chi connectivity index (χ3v) is 0.969. The average molecular weight is 125 g/mol. The Bertz CT molecular complexity index is 117. The number of rotatable bonds is 5. The Kier molecular flexibility index (Phi) is 4.59. The van der Waals surface area contributed by atoms with Gasteiger partial charge in [-0.3, -0.25) is 0 Å². The van der Waals surface area contributed by atoms with Crippen molar-refractivity contribution in [1.82, 2.24) is 0 Å². The van der Waals surface area contributed by atoms with E-state index in [2.05, 4.69) is 0 Å². The van der Waals surface area contributed by atoms with Gasteiger partial charge in [0, 0.05) is 11.9 Å². The van der Waals surface area contributed by atoms with Crippen molar-refractivity contribution in [3.05, 3.63) is 0 Å². The minimum absolute atomic E-state index is 0.344. The zero-order chi connectivity index (χ0) is 7.11. The standard InChI is InChI=1S/C6H11N3/c7-4-2-1-3-6(9)5-8/h4-5,7-9H,1-3H2. The second-order valence-corrected chi connectivity index (χ2v) is 1.77. The zero-order valence-corrected chi connectivity index (χ0v) is 5.28. The van der Waals surface area contributed by atoms with Gasteiger partial charge in [0.25, 0.3) is 0 Å². The molecule has 0 aromatic heterocycles. The van der Waals surface area contributed by atoms with Gasteiger partial charge in [-0.25, -0.2) is 0 Å². The van der Waals surface area contributed by atoms with Crippen LogP contribution in [-0.4, -0.2) is 18.1 Å². The summed E-state index contributed by atoms with van der Waals surface area (Å²) in [5, 5.41) is 20.3. The predicted octanol–water partition coefficient (Wildman–Crippen LogP) is 1.48. The van der Waals surface area contributed by atoms with Crippen molar-refractivity contribution in [1.29, 1.82) is 16.2 Å². The van der Waals surface area contributed by atoms with E-state index in [9.17, 15) is 0 Å². The highest BCUT2D eigenvalue weighted by molar-refractivity contribution is 6.27. The highest BCUT2D eigenvalue weighted by Gasteiger charge is 1.88. The maximum absolute atomic E-state index is 7.00. The molecule has 50 valence electrons. The SMILES string of the molecule is N=CCCCC(=N)C=N. The molecule has 0 rings (SSSR count). The maximum Gasteiger partial charge on any atom is 0.0489 e. The number of unbranched alkanes of at least 4 members (excludes halogenated alkanes) is 1. The smallest absolute Gasteiger partial charge is 0.0489 e. The third kappa shape index (κ3) is 4.87. The molecule has 9 heavy (non-hydrogen) atoms. The van der Waals surface area contributed by atoms with E-state index in [0.29, 0.717) is 12.1 Å². The van der Waals surface area contributed by atoms with Crippen LogP contribution in [0.1, 0.15) is 19.3 Å². The van der Waals surface area contributed by atoms with Gasteiger partial charge < -0.3 is 16.2 Å². The molecule has 0 unspecified atom stereocenters. The molecule has 0 saturated carbocycles. The van der Waals surface area contributed by atoms with E-state index >= 15 is 0 Å². The molecule has 3 N–H and O–H groups in total. The Morgan fingerprint density at radius 2 is 2.00 bits per heavy atom. The highest BCUT2D eigenvalue weighted by atomic mass is 14.5. The van der Waals surface area contributed by atoms with Crippen LogP contribution in [0.5, 0.6) is 0 Å². The normalized spacial score (nSPS) is 8.44. The molecule has 0 atom stereocenters. The lowest BCUT2D eigenvalue weighted by Gasteiger charge is -1.91. The molecular weight excluding hydrogens is 114 g/mol. The Labute approximate surface area is 54.6 Å². The quantitative estimate of drug-likeness (QED) is 0.368. The van der Waals surface area contributed by atoms with Gasteiger partial charge in [0.15, 0.2) is 0 Å². The van der Waals surface area contributed by atoms with Gasteiger partial charge in [-0.15, -0.1) is 0 Å². The monoisotopic (exact) mass is 125 g/mol. The van der Waals surface area contributed by atoms with Crippen molar-refractivity contribution >= 4 is 18.1 Å². The second-order valence-electron chi connectivity index (χ2n) is 1.77. The molecule has 0 fully saturated rings. The van der Waals surface area contributed by atoms with Crippen LogP contribution in [-0.2, 0) is 0 Å². The Balaban J connectivity index is 3.16. The molecule has 0 aromatic rings. The van der Waals surface area contributed by atoms with Gasteiger partial charge in [0.1, 0.15) is 0 Å². The van der Waals surface area contributed by atoms with E-state index in [1.165, 1.54) is 6.21 Å². The second kappa shape index (κ2) is 5.15. The summed E-state index contributed by atoms with van der Waals surface area (Å²) in [6.45, 7) is 0. The van der Waals surface area contributed by atoms with Gasteiger partial charge in [0.05, 0.1) is 0 Å². The summed E-state index contributed by atoms with van der Waals surface area (Å²) in [6, 6.07) is 0. The largest absolute Gasteiger partial charge is 0.313 e. The van der Waals surface area contributed by atoms with Crippen LogP contribution in [0.15, 0.2) is 0 Å². The van der Waals surface area contributed by atoms with E-state index in [4.69, 9.17) is 16.2 Å². The summed E-state index contributed by atoms with van der Waals surface area (Å²) in [4.78, 5) is 0. The molecule has 0 aliphatic rings. The average Bonchev–Trinajstić information content (AvgIpc) is 1.89. The topological polar surface area (TPSA) is 71.6 Å². The lowest BCUT2D eigenvalue weighted by atomic mass is 10.2. The van der Waals surface area contributed by atoms with Crippen molar-refractivity contribution in [3.63, 3.8) is 0 Å². The van der Waals surface area contributed by atoms with E-state index in [0.717, 1.165) is 19.1 Å². The summed E-state index contributed by atoms with van der Waals surface area (Å²) < 4.78 is 0. The first-order valence-electron chi connectivity index (χ1n) is 2.88. The Morgan fingerprint density at radius 1 is 1.33 bits per heavy atom. The van der Waals surface area contributed by atoms with E-state index < -0.39 is 0 Å². The number of hydrogen-bond donors (Lipinski definition) is 3. The van der Waals surface area contributed by atoms with Crippen molar-refractivity contribution in [2.24, 2.45) is 0 Å². The van der Waals surface area contributed by atoms with Crippen LogP contribution in [0.4, 0.5) is 0 Å². The molecule has 0 amide bonds. The lowest BCUT2D eigenvalue weighted by molar-refractivity contribution is 0.931. The first-order chi connectivity index (χ1) is 4.31. The molecule has 0 aliphatic heterocycles. The lowest BCUT2D eigenvalue weighted by Crippen LogP contribution is -1.95. The van der Waals surface area contributed by atoms with Crippen LogP contribution in [0.2, 0.25) is 0 Å². The van der Waals surface area contributed by atoms with Crippen LogP contribution < -0.4 is 0 Å². The van der Waals surface area contributed by atoms with Crippen LogP contribution >= 0.6 is 0 Å². The van der Waals surface area contributed by atoms with Gasteiger partial charge in [0.2, 0.25) is 0 Å². The Hall–Kier alpha value is -0.990. The van der Waals surface area contributed by atoms with Crippen LogP contribution in [0, 0.1) is 16.2 Å². The maximum atomic E-state index is 7.00. The summed E-state index contributed by atoms with van der Waals surface area (Å²) in [6.07, 6.45) is 4.54. The number of nitrogens with one attached hydrogen (secondary N) is 3. The molecule has 3 heteroatoms. The van der Waals surface area contributed by atoms with Gasteiger partial charge in [-0.05, 0) is 25.5 Å². The molecule has 0 saturated heterocycles.